The van der Waals surface area contributed by atoms with E-state index in [0.717, 1.165) is 10.6 Å². The van der Waals surface area contributed by atoms with Gasteiger partial charge in [-0.3, -0.25) is 0 Å². The normalized spacial score (nSPS) is 11.0. The summed E-state index contributed by atoms with van der Waals surface area (Å²) in [6.45, 7) is 1.94. The Morgan fingerprint density at radius 3 is 2.95 bits per heavy atom. The fourth-order valence-corrected chi connectivity index (χ4v) is 2.45. The fourth-order valence-electron chi connectivity index (χ4n) is 1.80. The molecule has 0 radical (unpaired) electrons. The lowest BCUT2D eigenvalue weighted by Crippen LogP contribution is -2.07. The lowest BCUT2D eigenvalue weighted by Gasteiger charge is -2.01. The number of carboxylic acids is 1. The molecule has 0 saturated carbocycles. The number of hydrogen-bond acceptors (Lipinski definition) is 5. The highest BCUT2D eigenvalue weighted by molar-refractivity contribution is 7.13. The van der Waals surface area contributed by atoms with Crippen molar-refractivity contribution in [3.8, 4) is 10.7 Å². The van der Waals surface area contributed by atoms with Crippen molar-refractivity contribution in [2.75, 3.05) is 0 Å². The minimum atomic E-state index is -1.06. The summed E-state index contributed by atoms with van der Waals surface area (Å²) < 4.78 is 1.60. The first-order valence-electron chi connectivity index (χ1n) is 5.73. The molecule has 0 aliphatic heterocycles. The van der Waals surface area contributed by atoms with Gasteiger partial charge in [0.2, 0.25) is 0 Å². The van der Waals surface area contributed by atoms with Crippen LogP contribution in [0.1, 0.15) is 23.1 Å². The average molecular weight is 274 g/mol. The van der Waals surface area contributed by atoms with Gasteiger partial charge in [0.1, 0.15) is 0 Å². The van der Waals surface area contributed by atoms with E-state index in [0.29, 0.717) is 18.0 Å². The Balaban J connectivity index is 2.24. The summed E-state index contributed by atoms with van der Waals surface area (Å²) >= 11 is 1.53. The molecule has 0 saturated heterocycles. The maximum atomic E-state index is 11.0. The Morgan fingerprint density at radius 1 is 1.47 bits per heavy atom. The third kappa shape index (κ3) is 1.97. The third-order valence-electron chi connectivity index (χ3n) is 2.71. The van der Waals surface area contributed by atoms with Crippen molar-refractivity contribution in [2.45, 2.75) is 13.3 Å². The van der Waals surface area contributed by atoms with Crippen molar-refractivity contribution in [2.24, 2.45) is 0 Å². The lowest BCUT2D eigenvalue weighted by molar-refractivity contribution is 0.0690. The molecule has 0 unspecified atom stereocenters. The Kier molecular flexibility index (Phi) is 2.75. The fraction of sp³-hybridized carbons (Fsp3) is 0.167. The van der Waals surface area contributed by atoms with Crippen molar-refractivity contribution in [1.29, 1.82) is 0 Å². The topological polar surface area (TPSA) is 80.4 Å². The van der Waals surface area contributed by atoms with E-state index >= 15 is 0 Å². The number of aromatic nitrogens is 4. The van der Waals surface area contributed by atoms with E-state index in [4.69, 9.17) is 5.11 Å². The van der Waals surface area contributed by atoms with Crippen molar-refractivity contribution < 1.29 is 9.90 Å². The van der Waals surface area contributed by atoms with Gasteiger partial charge >= 0.3 is 5.97 Å². The lowest BCUT2D eigenvalue weighted by atomic mass is 10.3. The van der Waals surface area contributed by atoms with Crippen LogP contribution in [-0.2, 0) is 6.42 Å². The van der Waals surface area contributed by atoms with Crippen molar-refractivity contribution in [3.63, 3.8) is 0 Å². The molecular weight excluding hydrogens is 264 g/mol. The number of rotatable bonds is 3. The van der Waals surface area contributed by atoms with Crippen LogP contribution >= 0.6 is 11.3 Å². The number of aromatic carboxylic acids is 1. The molecule has 19 heavy (non-hydrogen) atoms. The van der Waals surface area contributed by atoms with Crippen LogP contribution in [0.5, 0.6) is 0 Å². The summed E-state index contributed by atoms with van der Waals surface area (Å²) in [7, 11) is 0. The van der Waals surface area contributed by atoms with Gasteiger partial charge in [-0.2, -0.15) is 4.98 Å². The van der Waals surface area contributed by atoms with Crippen LogP contribution in [0.2, 0.25) is 0 Å². The first-order chi connectivity index (χ1) is 9.19. The molecule has 1 N–H and O–H groups in total. The number of thiophene rings is 1. The second kappa shape index (κ2) is 4.43. The van der Waals surface area contributed by atoms with Crippen LogP contribution < -0.4 is 0 Å². The molecule has 0 fully saturated rings. The van der Waals surface area contributed by atoms with Crippen molar-refractivity contribution in [3.05, 3.63) is 35.0 Å². The van der Waals surface area contributed by atoms with Gasteiger partial charge in [0.15, 0.2) is 11.5 Å². The summed E-state index contributed by atoms with van der Waals surface area (Å²) in [5.74, 6) is -0.169. The number of nitrogens with zero attached hydrogens (tertiary/aromatic N) is 4. The van der Waals surface area contributed by atoms with E-state index < -0.39 is 5.97 Å². The summed E-state index contributed by atoms with van der Waals surface area (Å²) in [6.07, 6.45) is 0.659. The van der Waals surface area contributed by atoms with Crippen LogP contribution in [-0.4, -0.2) is 30.7 Å². The van der Waals surface area contributed by atoms with Gasteiger partial charge < -0.3 is 5.11 Å². The average Bonchev–Trinajstić information content (AvgIpc) is 3.05. The first-order valence-corrected chi connectivity index (χ1v) is 6.61. The van der Waals surface area contributed by atoms with Crippen LogP contribution in [0.3, 0.4) is 0 Å². The van der Waals surface area contributed by atoms with Gasteiger partial charge in [0.25, 0.3) is 5.78 Å². The predicted molar refractivity (Wildman–Crippen MR) is 70.4 cm³/mol. The van der Waals surface area contributed by atoms with Gasteiger partial charge in [-0.05, 0) is 23.9 Å². The zero-order chi connectivity index (χ0) is 13.4. The molecule has 0 atom stereocenters. The highest BCUT2D eigenvalue weighted by atomic mass is 32.1. The number of carbonyl (C=O) groups is 1. The second-order valence-corrected chi connectivity index (χ2v) is 4.86. The van der Waals surface area contributed by atoms with E-state index in [1.54, 1.807) is 4.52 Å². The largest absolute Gasteiger partial charge is 0.477 e. The van der Waals surface area contributed by atoms with Gasteiger partial charge in [0.05, 0.1) is 4.88 Å². The minimum Gasteiger partial charge on any atom is -0.477 e. The molecule has 3 aromatic rings. The Morgan fingerprint density at radius 2 is 2.32 bits per heavy atom. The molecule has 7 heteroatoms. The summed E-state index contributed by atoms with van der Waals surface area (Å²) in [5.41, 5.74) is 0.771. The van der Waals surface area contributed by atoms with E-state index in [-0.39, 0.29) is 5.69 Å². The van der Waals surface area contributed by atoms with Crippen molar-refractivity contribution in [1.82, 2.24) is 19.6 Å². The molecule has 3 rings (SSSR count). The third-order valence-corrected chi connectivity index (χ3v) is 3.57. The van der Waals surface area contributed by atoms with Crippen LogP contribution in [0.15, 0.2) is 23.6 Å². The molecule has 96 valence electrons. The number of aryl methyl sites for hydroxylation is 1. The molecule has 0 aromatic carbocycles. The Bertz CT molecular complexity index is 749. The minimum absolute atomic E-state index is 0.00511. The number of fused-ring (bicyclic) bond motifs is 1. The summed E-state index contributed by atoms with van der Waals surface area (Å²) in [5, 5.41) is 15.4. The molecule has 3 aromatic heterocycles. The summed E-state index contributed by atoms with van der Waals surface area (Å²) in [4.78, 5) is 20.3. The van der Waals surface area contributed by atoms with E-state index in [1.165, 1.54) is 17.4 Å². The number of carboxylic acid groups (broad SMARTS) is 1. The maximum absolute atomic E-state index is 11.0. The zero-order valence-electron chi connectivity index (χ0n) is 10.1. The quantitative estimate of drug-likeness (QED) is 0.791. The predicted octanol–water partition coefficient (Wildman–Crippen LogP) is 2.11. The molecule has 3 heterocycles. The zero-order valence-corrected chi connectivity index (χ0v) is 10.9. The smallest absolute Gasteiger partial charge is 0.354 e. The molecule has 0 bridgehead atoms. The Hall–Kier alpha value is -2.28. The molecular formula is C12H10N4O2S. The summed E-state index contributed by atoms with van der Waals surface area (Å²) in [6, 6.07) is 5.37. The highest BCUT2D eigenvalue weighted by Gasteiger charge is 2.14. The molecule has 0 amide bonds. The molecule has 0 aliphatic rings. The van der Waals surface area contributed by atoms with Crippen molar-refractivity contribution >= 4 is 23.1 Å². The van der Waals surface area contributed by atoms with Crippen LogP contribution in [0.25, 0.3) is 16.5 Å². The molecule has 6 nitrogen and oxygen atoms in total. The van der Waals surface area contributed by atoms with Crippen LogP contribution in [0.4, 0.5) is 0 Å². The monoisotopic (exact) mass is 274 g/mol. The highest BCUT2D eigenvalue weighted by Crippen LogP contribution is 2.22. The van der Waals surface area contributed by atoms with E-state index in [1.807, 2.05) is 24.4 Å². The van der Waals surface area contributed by atoms with Gasteiger partial charge in [-0.25, -0.2) is 14.3 Å². The van der Waals surface area contributed by atoms with E-state index in [2.05, 4.69) is 15.1 Å². The molecule has 0 aliphatic carbocycles. The van der Waals surface area contributed by atoms with Crippen LogP contribution in [0, 0.1) is 0 Å². The van der Waals surface area contributed by atoms with Gasteiger partial charge in [0, 0.05) is 5.69 Å². The number of hydrogen-bond donors (Lipinski definition) is 1. The second-order valence-electron chi connectivity index (χ2n) is 3.92. The first kappa shape index (κ1) is 11.8. The molecule has 0 spiro atoms. The van der Waals surface area contributed by atoms with Gasteiger partial charge in [-0.15, -0.1) is 16.4 Å². The Labute approximate surface area is 112 Å². The maximum Gasteiger partial charge on any atom is 0.354 e. The SMILES string of the molecule is CCc1cc(C(=O)O)nc2nc(-c3cccs3)nn12. The van der Waals surface area contributed by atoms with Gasteiger partial charge in [-0.1, -0.05) is 13.0 Å². The van der Waals surface area contributed by atoms with E-state index in [9.17, 15) is 4.79 Å². The standard InChI is InChI=1S/C12H10N4O2S/c1-2-7-6-8(11(17)18)13-12-14-10(15-16(7)12)9-4-3-5-19-9/h3-6H,2H2,1H3,(H,17,18).